The molecule has 2 aliphatic heterocycles. The molecule has 1 N–H and O–H groups in total. The number of benzene rings is 4. The molecule has 4 heterocycles. The first-order chi connectivity index (χ1) is 30.1. The molecule has 318 valence electrons. The van der Waals surface area contributed by atoms with Gasteiger partial charge in [-0.2, -0.15) is 15.3 Å². The van der Waals surface area contributed by atoms with Crippen molar-refractivity contribution >= 4 is 96.8 Å². The fourth-order valence-electron chi connectivity index (χ4n) is 10.4. The van der Waals surface area contributed by atoms with Crippen LogP contribution in [0.1, 0.15) is 36.8 Å². The first kappa shape index (κ1) is 40.9. The number of carbonyl (C=O) groups excluding carboxylic acids is 4. The van der Waals surface area contributed by atoms with Crippen molar-refractivity contribution in [1.29, 1.82) is 0 Å². The van der Waals surface area contributed by atoms with E-state index < -0.39 is 46.8 Å². The molecule has 1 saturated carbocycles. The number of phenolic OH excluding ortho intramolecular Hbond substituents is 1. The number of aromatic hydroxyl groups is 1. The lowest BCUT2D eigenvalue weighted by molar-refractivity contribution is -0.131. The van der Waals surface area contributed by atoms with Gasteiger partial charge in [0.15, 0.2) is 0 Å². The maximum absolute atomic E-state index is 15.2. The number of halogens is 2. The topological polar surface area (TPSA) is 141 Å². The lowest BCUT2D eigenvalue weighted by Crippen LogP contribution is -2.49. The van der Waals surface area contributed by atoms with Gasteiger partial charge in [-0.25, -0.2) is 4.90 Å². The average Bonchev–Trinajstić information content (AvgIpc) is 3.94. The van der Waals surface area contributed by atoms with E-state index in [1.807, 2.05) is 74.5 Å². The van der Waals surface area contributed by atoms with Gasteiger partial charge in [0.25, 0.3) is 0 Å². The second-order valence-corrected chi connectivity index (χ2v) is 19.1. The Labute approximate surface area is 377 Å². The minimum atomic E-state index is -1.40. The average molecular weight is 899 g/mol. The zero-order valence-corrected chi connectivity index (χ0v) is 37.2. The molecule has 0 spiro atoms. The summed E-state index contributed by atoms with van der Waals surface area (Å²) < 4.78 is 2.58. The van der Waals surface area contributed by atoms with E-state index in [2.05, 4.69) is 10.2 Å². The molecule has 3 fully saturated rings. The van der Waals surface area contributed by atoms with Crippen LogP contribution in [0.2, 0.25) is 10.0 Å². The SMILES string of the molecule is Cc1c(-c2cc(N3C(=O)C4CC5C(=CCC6C(=O)N(c7ccc(N=Nc8ccc(N(C)C)cc8)cc7)C(=O)C65)C(c5cc(Cl)ccc5O)C4(C)C3=O)n(C)n2)sc2ccc(Cl)cc12. The number of imide groups is 2. The number of azo groups is 1. The Morgan fingerprint density at radius 2 is 1.49 bits per heavy atom. The van der Waals surface area contributed by atoms with Gasteiger partial charge in [-0.05, 0) is 128 Å². The highest BCUT2D eigenvalue weighted by molar-refractivity contribution is 7.22. The summed E-state index contributed by atoms with van der Waals surface area (Å²) in [6, 6.07) is 26.6. The second-order valence-electron chi connectivity index (χ2n) is 17.2. The molecular formula is C48H41Cl2N7O5S. The van der Waals surface area contributed by atoms with Crippen molar-refractivity contribution in [3.05, 3.63) is 124 Å². The highest BCUT2D eigenvalue weighted by atomic mass is 35.5. The van der Waals surface area contributed by atoms with Crippen LogP contribution in [-0.2, 0) is 26.2 Å². The molecule has 6 unspecified atom stereocenters. The van der Waals surface area contributed by atoms with Gasteiger partial charge in [0, 0.05) is 59.1 Å². The molecule has 63 heavy (non-hydrogen) atoms. The number of phenols is 1. The van der Waals surface area contributed by atoms with Crippen molar-refractivity contribution in [2.75, 3.05) is 28.8 Å². The quantitative estimate of drug-likeness (QED) is 0.0955. The van der Waals surface area contributed by atoms with Crippen LogP contribution in [0.3, 0.4) is 0 Å². The minimum absolute atomic E-state index is 0.0897. The summed E-state index contributed by atoms with van der Waals surface area (Å²) in [7, 11) is 5.63. The summed E-state index contributed by atoms with van der Waals surface area (Å²) >= 11 is 14.5. The van der Waals surface area contributed by atoms with Gasteiger partial charge in [-0.1, -0.05) is 34.9 Å². The van der Waals surface area contributed by atoms with Crippen molar-refractivity contribution in [1.82, 2.24) is 9.78 Å². The molecule has 4 amide bonds. The molecule has 2 saturated heterocycles. The second kappa shape index (κ2) is 15.0. The Morgan fingerprint density at radius 1 is 0.825 bits per heavy atom. The molecule has 15 heteroatoms. The summed E-state index contributed by atoms with van der Waals surface area (Å²) in [5.74, 6) is -5.21. The summed E-state index contributed by atoms with van der Waals surface area (Å²) in [4.78, 5) is 64.5. The number of anilines is 3. The Morgan fingerprint density at radius 3 is 2.19 bits per heavy atom. The van der Waals surface area contributed by atoms with Crippen LogP contribution in [0.5, 0.6) is 5.75 Å². The van der Waals surface area contributed by atoms with Gasteiger partial charge in [0.1, 0.15) is 17.3 Å². The predicted molar refractivity (Wildman–Crippen MR) is 245 cm³/mol. The largest absolute Gasteiger partial charge is 0.508 e. The van der Waals surface area contributed by atoms with Gasteiger partial charge in [0.2, 0.25) is 23.6 Å². The number of fused-ring (bicyclic) bond motifs is 5. The van der Waals surface area contributed by atoms with Crippen LogP contribution in [0.25, 0.3) is 20.7 Å². The lowest BCUT2D eigenvalue weighted by atomic mass is 9.51. The predicted octanol–water partition coefficient (Wildman–Crippen LogP) is 10.5. The minimum Gasteiger partial charge on any atom is -0.508 e. The van der Waals surface area contributed by atoms with Crippen LogP contribution in [0, 0.1) is 36.0 Å². The molecule has 4 aromatic carbocycles. The molecule has 10 rings (SSSR count). The Kier molecular flexibility index (Phi) is 9.73. The molecule has 2 aliphatic carbocycles. The number of nitrogens with zero attached hydrogens (tertiary/aromatic N) is 7. The van der Waals surface area contributed by atoms with Crippen molar-refractivity contribution in [3.63, 3.8) is 0 Å². The van der Waals surface area contributed by atoms with E-state index in [1.54, 1.807) is 72.5 Å². The Bertz CT molecular complexity index is 3000. The maximum atomic E-state index is 15.2. The number of thiophene rings is 1. The van der Waals surface area contributed by atoms with Crippen LogP contribution in [0.4, 0.5) is 28.6 Å². The molecule has 0 radical (unpaired) electrons. The third-order valence-corrected chi connectivity index (χ3v) is 15.3. The summed E-state index contributed by atoms with van der Waals surface area (Å²) in [5.41, 5.74) is 3.97. The van der Waals surface area contributed by atoms with Gasteiger partial charge in [-0.3, -0.25) is 28.8 Å². The molecule has 6 aromatic rings. The van der Waals surface area contributed by atoms with Crippen LogP contribution in [-0.4, -0.2) is 52.6 Å². The standard InChI is InChI=1S/C48H41Cl2N7O5S/c1-24-33-20-26(50)7-19-39(33)63-43(24)37-23-40(55(5)53-37)57-45(60)36-22-34-31(42(48(36,2)47(57)62)35-21-25(49)6-18-38(35)58)16-17-32-41(34)46(61)56(44(32)59)30-14-10-28(11-15-30)52-51-27-8-12-29(13-9-27)54(3)4/h6-16,18-21,23,32,34,36,41-42,58H,17,22H2,1-5H3. The third kappa shape index (κ3) is 6.34. The van der Waals surface area contributed by atoms with Crippen molar-refractivity contribution in [2.24, 2.45) is 46.4 Å². The van der Waals surface area contributed by atoms with Crippen LogP contribution >= 0.6 is 34.5 Å². The van der Waals surface area contributed by atoms with E-state index in [4.69, 9.17) is 28.3 Å². The van der Waals surface area contributed by atoms with Crippen molar-refractivity contribution < 1.29 is 24.3 Å². The Balaban J connectivity index is 0.993. The van der Waals surface area contributed by atoms with E-state index in [9.17, 15) is 14.7 Å². The lowest BCUT2D eigenvalue weighted by Gasteiger charge is -2.49. The molecule has 2 aromatic heterocycles. The highest BCUT2D eigenvalue weighted by Crippen LogP contribution is 2.64. The molecule has 12 nitrogen and oxygen atoms in total. The first-order valence-corrected chi connectivity index (χ1v) is 22.2. The number of allylic oxidation sites excluding steroid dienone is 2. The van der Waals surface area contributed by atoms with Gasteiger partial charge in [0.05, 0.1) is 45.1 Å². The van der Waals surface area contributed by atoms with E-state index >= 15 is 9.59 Å². The first-order valence-electron chi connectivity index (χ1n) is 20.6. The summed E-state index contributed by atoms with van der Waals surface area (Å²) in [6.45, 7) is 3.77. The van der Waals surface area contributed by atoms with E-state index in [1.165, 1.54) is 15.9 Å². The van der Waals surface area contributed by atoms with Crippen molar-refractivity contribution in [3.8, 4) is 16.3 Å². The number of hydrogen-bond acceptors (Lipinski definition) is 10. The van der Waals surface area contributed by atoms with Gasteiger partial charge < -0.3 is 10.0 Å². The number of rotatable bonds is 7. The van der Waals surface area contributed by atoms with E-state index in [-0.39, 0.29) is 30.4 Å². The number of aryl methyl sites for hydroxylation is 2. The summed E-state index contributed by atoms with van der Waals surface area (Å²) in [6.07, 6.45) is 2.33. The number of amides is 4. The summed E-state index contributed by atoms with van der Waals surface area (Å²) in [5, 5.41) is 27.0. The number of hydrogen-bond donors (Lipinski definition) is 1. The zero-order chi connectivity index (χ0) is 44.2. The molecule has 6 atom stereocenters. The van der Waals surface area contributed by atoms with Gasteiger partial charge in [-0.15, -0.1) is 11.3 Å². The number of carbonyl (C=O) groups is 4. The highest BCUT2D eigenvalue weighted by Gasteiger charge is 2.68. The maximum Gasteiger partial charge on any atom is 0.242 e. The van der Waals surface area contributed by atoms with Crippen LogP contribution < -0.4 is 14.7 Å². The van der Waals surface area contributed by atoms with E-state index in [0.29, 0.717) is 44.2 Å². The normalized spacial score (nSPS) is 24.4. The monoisotopic (exact) mass is 897 g/mol. The fourth-order valence-corrected chi connectivity index (χ4v) is 11.9. The van der Waals surface area contributed by atoms with Gasteiger partial charge >= 0.3 is 0 Å². The molecular weight excluding hydrogens is 858 g/mol. The smallest absolute Gasteiger partial charge is 0.242 e. The Hall–Kier alpha value is -6.15. The molecule has 4 aliphatic rings. The van der Waals surface area contributed by atoms with E-state index in [0.717, 1.165) is 31.8 Å². The third-order valence-electron chi connectivity index (χ3n) is 13.5. The number of aromatic nitrogens is 2. The fraction of sp³-hybridized carbons (Fsp3) is 0.271. The zero-order valence-electron chi connectivity index (χ0n) is 34.9. The van der Waals surface area contributed by atoms with Crippen molar-refractivity contribution in [2.45, 2.75) is 32.6 Å². The van der Waals surface area contributed by atoms with Crippen LogP contribution in [0.15, 0.2) is 113 Å². The molecule has 0 bridgehead atoms.